The van der Waals surface area contributed by atoms with Crippen molar-refractivity contribution in [3.8, 4) is 0 Å². The van der Waals surface area contributed by atoms with E-state index >= 15 is 0 Å². The fourth-order valence-electron chi connectivity index (χ4n) is 0.636. The second-order valence-corrected chi connectivity index (χ2v) is 2.42. The normalized spacial score (nSPS) is 12.4. The van der Waals surface area contributed by atoms with Gasteiger partial charge in [-0.05, 0) is 13.8 Å². The predicted molar refractivity (Wildman–Crippen MR) is 48.7 cm³/mol. The standard InChI is InChI=1S/C9H12O5/c1-3-14-9(13)5-8(12)7(11)4-6(2)10/h4-5,11-12H,3H2,1-2H3/b7-4-,8-5-. The Bertz CT molecular complexity index is 288. The van der Waals surface area contributed by atoms with Crippen molar-refractivity contribution in [2.24, 2.45) is 0 Å². The number of carbonyl (C=O) groups excluding carboxylic acids is 2. The second kappa shape index (κ2) is 5.80. The number of hydrogen-bond donors (Lipinski definition) is 2. The van der Waals surface area contributed by atoms with Gasteiger partial charge in [-0.25, -0.2) is 4.79 Å². The maximum atomic E-state index is 10.8. The molecule has 0 bridgehead atoms. The first kappa shape index (κ1) is 12.2. The summed E-state index contributed by atoms with van der Waals surface area (Å²) in [5.74, 6) is -2.58. The average molecular weight is 200 g/mol. The number of ether oxygens (including phenoxy) is 1. The van der Waals surface area contributed by atoms with Crippen LogP contribution in [0.4, 0.5) is 0 Å². The smallest absolute Gasteiger partial charge is 0.334 e. The molecule has 0 heterocycles. The first-order valence-electron chi connectivity index (χ1n) is 3.96. The zero-order chi connectivity index (χ0) is 11.1. The van der Waals surface area contributed by atoms with Crippen molar-refractivity contribution in [2.75, 3.05) is 6.61 Å². The molecular weight excluding hydrogens is 188 g/mol. The molecule has 0 aliphatic rings. The summed E-state index contributed by atoms with van der Waals surface area (Å²) in [6.07, 6.45) is 1.49. The molecule has 0 radical (unpaired) electrons. The lowest BCUT2D eigenvalue weighted by Crippen LogP contribution is -2.02. The zero-order valence-corrected chi connectivity index (χ0v) is 7.98. The largest absolute Gasteiger partial charge is 0.504 e. The maximum Gasteiger partial charge on any atom is 0.334 e. The van der Waals surface area contributed by atoms with Crippen molar-refractivity contribution in [3.63, 3.8) is 0 Å². The van der Waals surface area contributed by atoms with E-state index in [1.165, 1.54) is 6.92 Å². The van der Waals surface area contributed by atoms with Crippen molar-refractivity contribution in [3.05, 3.63) is 23.7 Å². The van der Waals surface area contributed by atoms with Crippen LogP contribution in [0.15, 0.2) is 23.7 Å². The highest BCUT2D eigenvalue weighted by Gasteiger charge is 2.05. The van der Waals surface area contributed by atoms with Gasteiger partial charge < -0.3 is 14.9 Å². The van der Waals surface area contributed by atoms with Gasteiger partial charge in [0.05, 0.1) is 12.7 Å². The minimum absolute atomic E-state index is 0.166. The highest BCUT2D eigenvalue weighted by atomic mass is 16.5. The van der Waals surface area contributed by atoms with Gasteiger partial charge in [-0.3, -0.25) is 4.79 Å². The van der Waals surface area contributed by atoms with E-state index in [0.717, 1.165) is 6.08 Å². The van der Waals surface area contributed by atoms with Crippen LogP contribution in [0.3, 0.4) is 0 Å². The number of ketones is 1. The summed E-state index contributed by atoms with van der Waals surface area (Å²) in [5, 5.41) is 18.1. The number of aliphatic hydroxyl groups is 2. The van der Waals surface area contributed by atoms with E-state index in [9.17, 15) is 9.59 Å². The monoisotopic (exact) mass is 200 g/mol. The van der Waals surface area contributed by atoms with Gasteiger partial charge in [0.15, 0.2) is 17.3 Å². The van der Waals surface area contributed by atoms with Crippen molar-refractivity contribution in [2.45, 2.75) is 13.8 Å². The van der Waals surface area contributed by atoms with E-state index < -0.39 is 23.3 Å². The summed E-state index contributed by atoms with van der Waals surface area (Å²) in [7, 11) is 0. The Morgan fingerprint density at radius 1 is 1.21 bits per heavy atom. The molecule has 0 aliphatic heterocycles. The Morgan fingerprint density at radius 2 is 1.71 bits per heavy atom. The molecule has 0 rings (SSSR count). The van der Waals surface area contributed by atoms with Crippen LogP contribution < -0.4 is 0 Å². The highest BCUT2D eigenvalue weighted by molar-refractivity contribution is 5.89. The zero-order valence-electron chi connectivity index (χ0n) is 7.98. The lowest BCUT2D eigenvalue weighted by Gasteiger charge is -1.98. The Hall–Kier alpha value is -1.78. The van der Waals surface area contributed by atoms with Gasteiger partial charge >= 0.3 is 5.97 Å². The number of hydrogen-bond acceptors (Lipinski definition) is 5. The third-order valence-electron chi connectivity index (χ3n) is 1.14. The SMILES string of the molecule is CCOC(=O)/C=C(O)/C(O)=C/C(C)=O. The molecule has 0 saturated heterocycles. The molecule has 0 aliphatic carbocycles. The van der Waals surface area contributed by atoms with Gasteiger partial charge in [0.1, 0.15) is 0 Å². The van der Waals surface area contributed by atoms with Crippen molar-refractivity contribution in [1.82, 2.24) is 0 Å². The van der Waals surface area contributed by atoms with Crippen LogP contribution >= 0.6 is 0 Å². The predicted octanol–water partition coefficient (Wildman–Crippen LogP) is 1.02. The number of allylic oxidation sites excluding steroid dienone is 1. The van der Waals surface area contributed by atoms with Crippen molar-refractivity contribution >= 4 is 11.8 Å². The van der Waals surface area contributed by atoms with E-state index in [4.69, 9.17) is 10.2 Å². The molecule has 14 heavy (non-hydrogen) atoms. The molecule has 5 heteroatoms. The van der Waals surface area contributed by atoms with Gasteiger partial charge in [-0.1, -0.05) is 0 Å². The summed E-state index contributed by atoms with van der Waals surface area (Å²) >= 11 is 0. The Labute approximate surface area is 81.3 Å². The molecule has 2 N–H and O–H groups in total. The fourth-order valence-corrected chi connectivity index (χ4v) is 0.636. The third kappa shape index (κ3) is 4.97. The number of aliphatic hydroxyl groups excluding tert-OH is 2. The molecule has 0 aromatic rings. The van der Waals surface area contributed by atoms with Crippen molar-refractivity contribution in [1.29, 1.82) is 0 Å². The maximum absolute atomic E-state index is 10.8. The Morgan fingerprint density at radius 3 is 2.14 bits per heavy atom. The van der Waals surface area contributed by atoms with E-state index in [0.29, 0.717) is 6.08 Å². The quantitative estimate of drug-likeness (QED) is 0.306. The summed E-state index contributed by atoms with van der Waals surface area (Å²) < 4.78 is 4.47. The molecule has 0 aromatic heterocycles. The van der Waals surface area contributed by atoms with Crippen LogP contribution in [-0.4, -0.2) is 28.6 Å². The molecule has 5 nitrogen and oxygen atoms in total. The van der Waals surface area contributed by atoms with Gasteiger partial charge in [0, 0.05) is 6.08 Å². The summed E-state index contributed by atoms with van der Waals surface area (Å²) in [6.45, 7) is 2.97. The topological polar surface area (TPSA) is 83.8 Å². The van der Waals surface area contributed by atoms with Gasteiger partial charge in [-0.15, -0.1) is 0 Å². The van der Waals surface area contributed by atoms with Gasteiger partial charge in [0.2, 0.25) is 0 Å². The molecule has 0 atom stereocenters. The minimum Gasteiger partial charge on any atom is -0.504 e. The van der Waals surface area contributed by atoms with Crippen LogP contribution in [0.1, 0.15) is 13.8 Å². The molecule has 0 spiro atoms. The molecule has 0 amide bonds. The molecular formula is C9H12O5. The Balaban J connectivity index is 4.52. The summed E-state index contributed by atoms with van der Waals surface area (Å²) in [5.41, 5.74) is 0. The summed E-state index contributed by atoms with van der Waals surface area (Å²) in [4.78, 5) is 21.2. The molecule has 0 unspecified atom stereocenters. The number of carbonyl (C=O) groups is 2. The van der Waals surface area contributed by atoms with Crippen LogP contribution in [-0.2, 0) is 14.3 Å². The fraction of sp³-hybridized carbons (Fsp3) is 0.333. The minimum atomic E-state index is -0.784. The van der Waals surface area contributed by atoms with Crippen molar-refractivity contribution < 1.29 is 24.5 Å². The summed E-state index contributed by atoms with van der Waals surface area (Å²) in [6, 6.07) is 0. The molecule has 0 aromatic carbocycles. The first-order chi connectivity index (χ1) is 6.47. The van der Waals surface area contributed by atoms with E-state index in [1.807, 2.05) is 0 Å². The van der Waals surface area contributed by atoms with Gasteiger partial charge in [0.25, 0.3) is 0 Å². The number of esters is 1. The first-order valence-corrected chi connectivity index (χ1v) is 3.96. The molecule has 78 valence electrons. The van der Waals surface area contributed by atoms with Gasteiger partial charge in [-0.2, -0.15) is 0 Å². The lowest BCUT2D eigenvalue weighted by atomic mass is 10.3. The van der Waals surface area contributed by atoms with E-state index in [2.05, 4.69) is 4.74 Å². The Kier molecular flexibility index (Phi) is 5.06. The second-order valence-electron chi connectivity index (χ2n) is 2.42. The van der Waals surface area contributed by atoms with Crippen LogP contribution in [0.25, 0.3) is 0 Å². The molecule has 0 fully saturated rings. The van der Waals surface area contributed by atoms with E-state index in [1.54, 1.807) is 6.92 Å². The molecule has 0 saturated carbocycles. The number of rotatable bonds is 4. The van der Waals surface area contributed by atoms with Crippen LogP contribution in [0, 0.1) is 0 Å². The highest BCUT2D eigenvalue weighted by Crippen LogP contribution is 2.02. The van der Waals surface area contributed by atoms with E-state index in [-0.39, 0.29) is 6.61 Å². The van der Waals surface area contributed by atoms with Crippen LogP contribution in [0.2, 0.25) is 0 Å². The third-order valence-corrected chi connectivity index (χ3v) is 1.14. The lowest BCUT2D eigenvalue weighted by molar-refractivity contribution is -0.137. The average Bonchev–Trinajstić information content (AvgIpc) is 2.02. The van der Waals surface area contributed by atoms with Crippen LogP contribution in [0.5, 0.6) is 0 Å².